The van der Waals surface area contributed by atoms with Crippen molar-refractivity contribution >= 4 is 5.91 Å². The van der Waals surface area contributed by atoms with Gasteiger partial charge in [0.2, 0.25) is 5.91 Å². The molecule has 1 aliphatic carbocycles. The van der Waals surface area contributed by atoms with Gasteiger partial charge in [-0.15, -0.1) is 10.2 Å². The number of benzene rings is 1. The molecule has 1 saturated carbocycles. The van der Waals surface area contributed by atoms with Crippen LogP contribution in [0.4, 0.5) is 0 Å². The molecule has 6 heteroatoms. The number of hydrogen-bond donors (Lipinski definition) is 2. The number of hydrogen-bond acceptors (Lipinski definition) is 4. The molecule has 0 radical (unpaired) electrons. The molecular formula is C15H19N5O. The molecule has 1 aromatic heterocycles. The topological polar surface area (TPSA) is 85.8 Å². The zero-order valence-electron chi connectivity index (χ0n) is 11.8. The minimum Gasteiger partial charge on any atom is -0.347 e. The van der Waals surface area contributed by atoms with Gasteiger partial charge in [0, 0.05) is 5.69 Å². The Kier molecular flexibility index (Phi) is 3.70. The normalized spacial score (nSPS) is 16.8. The Hall–Kier alpha value is -2.21. The van der Waals surface area contributed by atoms with Crippen LogP contribution in [0.2, 0.25) is 0 Å². The summed E-state index contributed by atoms with van der Waals surface area (Å²) in [4.78, 5) is 12.2. The van der Waals surface area contributed by atoms with Crippen LogP contribution >= 0.6 is 0 Å². The molecule has 0 saturated heterocycles. The average molecular weight is 285 g/mol. The standard InChI is InChI=1S/C15H19N5O/c16-15(8-4-5-9-15)14(21)17-10-13-19-18-11-20(13)12-6-2-1-3-7-12/h1-3,6-7,11H,4-5,8-10,16H2,(H,17,21). The summed E-state index contributed by atoms with van der Waals surface area (Å²) < 4.78 is 1.86. The molecule has 0 unspecified atom stereocenters. The van der Waals surface area contributed by atoms with Crippen LogP contribution in [-0.2, 0) is 11.3 Å². The minimum atomic E-state index is -0.711. The fourth-order valence-corrected chi connectivity index (χ4v) is 2.75. The lowest BCUT2D eigenvalue weighted by atomic mass is 9.98. The Bertz CT molecular complexity index is 616. The second kappa shape index (κ2) is 5.65. The lowest BCUT2D eigenvalue weighted by Gasteiger charge is -2.22. The second-order valence-corrected chi connectivity index (χ2v) is 5.50. The van der Waals surface area contributed by atoms with Crippen molar-refractivity contribution in [2.24, 2.45) is 5.73 Å². The van der Waals surface area contributed by atoms with Crippen molar-refractivity contribution in [3.63, 3.8) is 0 Å². The molecule has 1 aliphatic rings. The van der Waals surface area contributed by atoms with E-state index in [1.54, 1.807) is 6.33 Å². The first-order valence-corrected chi connectivity index (χ1v) is 7.20. The van der Waals surface area contributed by atoms with Gasteiger partial charge in [-0.05, 0) is 25.0 Å². The van der Waals surface area contributed by atoms with Gasteiger partial charge in [-0.1, -0.05) is 31.0 Å². The van der Waals surface area contributed by atoms with Crippen LogP contribution in [0.15, 0.2) is 36.7 Å². The fourth-order valence-electron chi connectivity index (χ4n) is 2.75. The number of nitrogens with two attached hydrogens (primary N) is 1. The summed E-state index contributed by atoms with van der Waals surface area (Å²) in [5.74, 6) is 0.596. The third-order valence-corrected chi connectivity index (χ3v) is 4.01. The number of nitrogens with zero attached hydrogens (tertiary/aromatic N) is 3. The molecule has 6 nitrogen and oxygen atoms in total. The Labute approximate surface area is 123 Å². The highest BCUT2D eigenvalue weighted by Crippen LogP contribution is 2.27. The highest BCUT2D eigenvalue weighted by Gasteiger charge is 2.36. The van der Waals surface area contributed by atoms with Gasteiger partial charge >= 0.3 is 0 Å². The number of nitrogens with one attached hydrogen (secondary N) is 1. The highest BCUT2D eigenvalue weighted by atomic mass is 16.2. The number of amides is 1. The smallest absolute Gasteiger partial charge is 0.240 e. The van der Waals surface area contributed by atoms with E-state index < -0.39 is 5.54 Å². The summed E-state index contributed by atoms with van der Waals surface area (Å²) in [5.41, 5.74) is 6.39. The molecule has 110 valence electrons. The van der Waals surface area contributed by atoms with Crippen molar-refractivity contribution in [1.29, 1.82) is 0 Å². The molecule has 0 bridgehead atoms. The molecule has 21 heavy (non-hydrogen) atoms. The van der Waals surface area contributed by atoms with E-state index in [4.69, 9.17) is 5.73 Å². The molecule has 3 N–H and O–H groups in total. The Morgan fingerprint density at radius 3 is 2.71 bits per heavy atom. The van der Waals surface area contributed by atoms with Crippen molar-refractivity contribution in [3.05, 3.63) is 42.5 Å². The molecule has 0 atom stereocenters. The van der Waals surface area contributed by atoms with Gasteiger partial charge in [-0.25, -0.2) is 0 Å². The van der Waals surface area contributed by atoms with E-state index in [1.165, 1.54) is 0 Å². The summed E-state index contributed by atoms with van der Waals surface area (Å²) >= 11 is 0. The van der Waals surface area contributed by atoms with Gasteiger partial charge in [0.25, 0.3) is 0 Å². The summed E-state index contributed by atoms with van der Waals surface area (Å²) in [6.07, 6.45) is 5.19. The van der Waals surface area contributed by atoms with E-state index in [0.717, 1.165) is 31.4 Å². The van der Waals surface area contributed by atoms with Gasteiger partial charge < -0.3 is 11.1 Å². The van der Waals surface area contributed by atoms with Crippen LogP contribution in [0.3, 0.4) is 0 Å². The molecule has 3 rings (SSSR count). The van der Waals surface area contributed by atoms with E-state index in [1.807, 2.05) is 34.9 Å². The molecule has 2 aromatic rings. The molecule has 1 amide bonds. The monoisotopic (exact) mass is 285 g/mol. The van der Waals surface area contributed by atoms with Crippen LogP contribution in [0.25, 0.3) is 5.69 Å². The summed E-state index contributed by atoms with van der Waals surface area (Å²) in [6, 6.07) is 9.79. The maximum absolute atomic E-state index is 12.2. The zero-order valence-corrected chi connectivity index (χ0v) is 11.8. The molecule has 1 fully saturated rings. The van der Waals surface area contributed by atoms with Crippen molar-refractivity contribution in [1.82, 2.24) is 20.1 Å². The van der Waals surface area contributed by atoms with Gasteiger partial charge in [0.05, 0.1) is 12.1 Å². The maximum Gasteiger partial charge on any atom is 0.240 e. The number of carbonyl (C=O) groups is 1. The van der Waals surface area contributed by atoms with Crippen molar-refractivity contribution < 1.29 is 4.79 Å². The molecule has 1 aromatic carbocycles. The Morgan fingerprint density at radius 2 is 2.00 bits per heavy atom. The first-order chi connectivity index (χ1) is 10.2. The van der Waals surface area contributed by atoms with Crippen molar-refractivity contribution in [2.75, 3.05) is 0 Å². The lowest BCUT2D eigenvalue weighted by Crippen LogP contribution is -2.51. The number of aromatic nitrogens is 3. The van der Waals surface area contributed by atoms with Gasteiger partial charge in [0.1, 0.15) is 6.33 Å². The maximum atomic E-state index is 12.2. The number of rotatable bonds is 4. The van der Waals surface area contributed by atoms with Crippen molar-refractivity contribution in [3.8, 4) is 5.69 Å². The predicted octanol–water partition coefficient (Wildman–Crippen LogP) is 1.15. The van der Waals surface area contributed by atoms with E-state index in [2.05, 4.69) is 15.5 Å². The van der Waals surface area contributed by atoms with Crippen LogP contribution in [0.1, 0.15) is 31.5 Å². The van der Waals surface area contributed by atoms with Crippen LogP contribution < -0.4 is 11.1 Å². The summed E-state index contributed by atoms with van der Waals surface area (Å²) in [7, 11) is 0. The number of para-hydroxylation sites is 1. The summed E-state index contributed by atoms with van der Waals surface area (Å²) in [5, 5.41) is 10.9. The van der Waals surface area contributed by atoms with E-state index in [9.17, 15) is 4.79 Å². The minimum absolute atomic E-state index is 0.0948. The van der Waals surface area contributed by atoms with Crippen LogP contribution in [0, 0.1) is 0 Å². The highest BCUT2D eigenvalue weighted by molar-refractivity contribution is 5.86. The molecular weight excluding hydrogens is 266 g/mol. The third-order valence-electron chi connectivity index (χ3n) is 4.01. The van der Waals surface area contributed by atoms with Gasteiger partial charge in [0.15, 0.2) is 5.82 Å². The molecule has 0 spiro atoms. The van der Waals surface area contributed by atoms with Crippen molar-refractivity contribution in [2.45, 2.75) is 37.8 Å². The lowest BCUT2D eigenvalue weighted by molar-refractivity contribution is -0.126. The first kappa shape index (κ1) is 13.8. The average Bonchev–Trinajstić information content (AvgIpc) is 3.15. The predicted molar refractivity (Wildman–Crippen MR) is 78.6 cm³/mol. The SMILES string of the molecule is NC1(C(=O)NCc2nncn2-c2ccccc2)CCCC1. The molecule has 1 heterocycles. The Balaban J connectivity index is 1.69. The van der Waals surface area contributed by atoms with Gasteiger partial charge in [-0.3, -0.25) is 9.36 Å². The first-order valence-electron chi connectivity index (χ1n) is 7.20. The Morgan fingerprint density at radius 1 is 1.29 bits per heavy atom. The van der Waals surface area contributed by atoms with Gasteiger partial charge in [-0.2, -0.15) is 0 Å². The number of carbonyl (C=O) groups excluding carboxylic acids is 1. The van der Waals surface area contributed by atoms with E-state index >= 15 is 0 Å². The fraction of sp³-hybridized carbons (Fsp3) is 0.400. The second-order valence-electron chi connectivity index (χ2n) is 5.50. The third kappa shape index (κ3) is 2.80. The zero-order chi connectivity index (χ0) is 14.7. The quantitative estimate of drug-likeness (QED) is 0.882. The molecule has 0 aliphatic heterocycles. The largest absolute Gasteiger partial charge is 0.347 e. The van der Waals surface area contributed by atoms with Crippen LogP contribution in [-0.4, -0.2) is 26.2 Å². The van der Waals surface area contributed by atoms with Crippen LogP contribution in [0.5, 0.6) is 0 Å². The van der Waals surface area contributed by atoms with E-state index in [-0.39, 0.29) is 5.91 Å². The summed E-state index contributed by atoms with van der Waals surface area (Å²) in [6.45, 7) is 0.326. The van der Waals surface area contributed by atoms with E-state index in [0.29, 0.717) is 12.4 Å².